The molecule has 5 nitrogen and oxygen atoms in total. The highest BCUT2D eigenvalue weighted by Crippen LogP contribution is 2.08. The molecule has 2 N–H and O–H groups in total. The van der Waals surface area contributed by atoms with Gasteiger partial charge in [-0.25, -0.2) is 4.98 Å². The summed E-state index contributed by atoms with van der Waals surface area (Å²) in [7, 11) is 0. The van der Waals surface area contributed by atoms with E-state index in [0.29, 0.717) is 31.3 Å². The number of nitrogens with zero attached hydrogens (tertiary/aromatic N) is 2. The fourth-order valence-electron chi connectivity index (χ4n) is 1.38. The van der Waals surface area contributed by atoms with Gasteiger partial charge in [-0.2, -0.15) is 0 Å². The first-order valence-corrected chi connectivity index (χ1v) is 5.70. The molecular weight excluding hydrogens is 230 g/mol. The molecule has 0 aliphatic rings. The van der Waals surface area contributed by atoms with Gasteiger partial charge in [0.05, 0.1) is 11.9 Å². The third-order valence-electron chi connectivity index (χ3n) is 2.22. The van der Waals surface area contributed by atoms with Gasteiger partial charge in [0.1, 0.15) is 19.0 Å². The minimum Gasteiger partial charge on any atom is -0.490 e. The average Bonchev–Trinajstić information content (AvgIpc) is 2.45. The highest BCUT2D eigenvalue weighted by atomic mass is 16.5. The number of benzene rings is 1. The maximum absolute atomic E-state index is 5.49. The fraction of sp³-hybridized carbons (Fsp3) is 0.231. The molecule has 0 amide bonds. The molecule has 0 aliphatic heterocycles. The molecule has 0 fully saturated rings. The molecule has 1 heterocycles. The van der Waals surface area contributed by atoms with E-state index in [1.807, 2.05) is 30.3 Å². The van der Waals surface area contributed by atoms with E-state index < -0.39 is 0 Å². The Bertz CT molecular complexity index is 477. The molecule has 0 unspecified atom stereocenters. The van der Waals surface area contributed by atoms with Crippen LogP contribution in [0.1, 0.15) is 5.69 Å². The van der Waals surface area contributed by atoms with Gasteiger partial charge in [-0.05, 0) is 12.1 Å². The van der Waals surface area contributed by atoms with Crippen LogP contribution in [0.15, 0.2) is 42.7 Å². The summed E-state index contributed by atoms with van der Waals surface area (Å²) in [4.78, 5) is 8.15. The van der Waals surface area contributed by atoms with Crippen molar-refractivity contribution < 1.29 is 9.47 Å². The second kappa shape index (κ2) is 6.56. The van der Waals surface area contributed by atoms with Crippen molar-refractivity contribution in [1.29, 1.82) is 0 Å². The third-order valence-corrected chi connectivity index (χ3v) is 2.22. The standard InChI is InChI=1S/C13H15N3O2/c14-8-11-9-15-10-13(16-11)18-7-6-17-12-4-2-1-3-5-12/h1-5,9-10H,6-8,14H2. The Labute approximate surface area is 106 Å². The molecule has 0 saturated heterocycles. The van der Waals surface area contributed by atoms with Gasteiger partial charge in [-0.1, -0.05) is 18.2 Å². The molecule has 2 rings (SSSR count). The number of rotatable bonds is 6. The summed E-state index contributed by atoms with van der Waals surface area (Å²) in [5.74, 6) is 1.29. The zero-order valence-electron chi connectivity index (χ0n) is 9.95. The summed E-state index contributed by atoms with van der Waals surface area (Å²) >= 11 is 0. The van der Waals surface area contributed by atoms with Crippen LogP contribution in [0.5, 0.6) is 11.6 Å². The van der Waals surface area contributed by atoms with Gasteiger partial charge in [0.25, 0.3) is 0 Å². The number of hydrogen-bond acceptors (Lipinski definition) is 5. The summed E-state index contributed by atoms with van der Waals surface area (Å²) < 4.78 is 10.9. The zero-order valence-corrected chi connectivity index (χ0v) is 9.95. The maximum Gasteiger partial charge on any atom is 0.232 e. The van der Waals surface area contributed by atoms with Crippen LogP contribution in [0.25, 0.3) is 0 Å². The Morgan fingerprint density at radius 1 is 1.00 bits per heavy atom. The number of hydrogen-bond donors (Lipinski definition) is 1. The van der Waals surface area contributed by atoms with E-state index in [9.17, 15) is 0 Å². The minimum atomic E-state index is 0.352. The van der Waals surface area contributed by atoms with Crippen LogP contribution >= 0.6 is 0 Å². The Morgan fingerprint density at radius 3 is 2.56 bits per heavy atom. The van der Waals surface area contributed by atoms with Crippen LogP contribution in [0.3, 0.4) is 0 Å². The van der Waals surface area contributed by atoms with E-state index in [2.05, 4.69) is 9.97 Å². The summed E-state index contributed by atoms with van der Waals surface area (Å²) in [6.07, 6.45) is 3.18. The Kier molecular flexibility index (Phi) is 4.49. The smallest absolute Gasteiger partial charge is 0.232 e. The van der Waals surface area contributed by atoms with E-state index in [4.69, 9.17) is 15.2 Å². The van der Waals surface area contributed by atoms with E-state index in [1.54, 1.807) is 12.4 Å². The molecule has 0 spiro atoms. The SMILES string of the molecule is NCc1cncc(OCCOc2ccccc2)n1. The monoisotopic (exact) mass is 245 g/mol. The van der Waals surface area contributed by atoms with Gasteiger partial charge in [0, 0.05) is 12.7 Å². The largest absolute Gasteiger partial charge is 0.490 e. The van der Waals surface area contributed by atoms with E-state index >= 15 is 0 Å². The summed E-state index contributed by atoms with van der Waals surface area (Å²) in [6, 6.07) is 9.58. The number of nitrogens with two attached hydrogens (primary N) is 1. The molecule has 0 aliphatic carbocycles. The second-order valence-electron chi connectivity index (χ2n) is 3.56. The van der Waals surface area contributed by atoms with Crippen molar-refractivity contribution in [1.82, 2.24) is 9.97 Å². The molecule has 5 heteroatoms. The molecule has 94 valence electrons. The zero-order chi connectivity index (χ0) is 12.6. The van der Waals surface area contributed by atoms with Crippen LogP contribution in [0.2, 0.25) is 0 Å². The van der Waals surface area contributed by atoms with Crippen molar-refractivity contribution in [2.45, 2.75) is 6.54 Å². The lowest BCUT2D eigenvalue weighted by Crippen LogP contribution is -2.10. The van der Waals surface area contributed by atoms with E-state index in [-0.39, 0.29) is 0 Å². The number of ether oxygens (including phenoxy) is 2. The highest BCUT2D eigenvalue weighted by Gasteiger charge is 1.98. The minimum absolute atomic E-state index is 0.352. The van der Waals surface area contributed by atoms with Gasteiger partial charge >= 0.3 is 0 Å². The molecule has 0 saturated carbocycles. The lowest BCUT2D eigenvalue weighted by molar-refractivity contribution is 0.211. The molecular formula is C13H15N3O2. The van der Waals surface area contributed by atoms with Gasteiger partial charge in [0.15, 0.2) is 0 Å². The first kappa shape index (κ1) is 12.3. The molecule has 0 atom stereocenters. The lowest BCUT2D eigenvalue weighted by atomic mass is 10.3. The summed E-state index contributed by atoms with van der Waals surface area (Å²) in [5, 5.41) is 0. The maximum atomic E-state index is 5.49. The van der Waals surface area contributed by atoms with Crippen LogP contribution < -0.4 is 15.2 Å². The predicted octanol–water partition coefficient (Wildman–Crippen LogP) is 1.39. The van der Waals surface area contributed by atoms with Crippen molar-refractivity contribution >= 4 is 0 Å². The fourth-order valence-corrected chi connectivity index (χ4v) is 1.38. The number of para-hydroxylation sites is 1. The topological polar surface area (TPSA) is 70.3 Å². The Morgan fingerprint density at radius 2 is 1.78 bits per heavy atom. The second-order valence-corrected chi connectivity index (χ2v) is 3.56. The van der Waals surface area contributed by atoms with Crippen molar-refractivity contribution in [3.63, 3.8) is 0 Å². The molecule has 18 heavy (non-hydrogen) atoms. The normalized spacial score (nSPS) is 10.1. The predicted molar refractivity (Wildman–Crippen MR) is 67.4 cm³/mol. The first-order valence-electron chi connectivity index (χ1n) is 5.70. The van der Waals surface area contributed by atoms with Crippen LogP contribution in [0, 0.1) is 0 Å². The van der Waals surface area contributed by atoms with Gasteiger partial charge < -0.3 is 15.2 Å². The van der Waals surface area contributed by atoms with Crippen molar-refractivity contribution in [3.05, 3.63) is 48.4 Å². The van der Waals surface area contributed by atoms with Crippen molar-refractivity contribution in [2.24, 2.45) is 5.73 Å². The van der Waals surface area contributed by atoms with Crippen molar-refractivity contribution in [3.8, 4) is 11.6 Å². The van der Waals surface area contributed by atoms with Crippen LogP contribution in [0.4, 0.5) is 0 Å². The lowest BCUT2D eigenvalue weighted by Gasteiger charge is -2.07. The molecule has 0 radical (unpaired) electrons. The van der Waals surface area contributed by atoms with Crippen LogP contribution in [-0.4, -0.2) is 23.2 Å². The van der Waals surface area contributed by atoms with Gasteiger partial charge in [-0.3, -0.25) is 4.98 Å². The van der Waals surface area contributed by atoms with Gasteiger partial charge in [-0.15, -0.1) is 0 Å². The molecule has 0 bridgehead atoms. The van der Waals surface area contributed by atoms with Crippen LogP contribution in [-0.2, 0) is 6.54 Å². The third kappa shape index (κ3) is 3.71. The summed E-state index contributed by atoms with van der Waals surface area (Å²) in [6.45, 7) is 1.22. The van der Waals surface area contributed by atoms with Crippen molar-refractivity contribution in [2.75, 3.05) is 13.2 Å². The molecule has 1 aromatic heterocycles. The van der Waals surface area contributed by atoms with E-state index in [1.165, 1.54) is 0 Å². The quantitative estimate of drug-likeness (QED) is 0.779. The molecule has 2 aromatic rings. The molecule has 1 aromatic carbocycles. The number of aromatic nitrogens is 2. The average molecular weight is 245 g/mol. The first-order chi connectivity index (χ1) is 8.88. The summed E-state index contributed by atoms with van der Waals surface area (Å²) in [5.41, 5.74) is 6.17. The Hall–Kier alpha value is -2.14. The van der Waals surface area contributed by atoms with Gasteiger partial charge in [0.2, 0.25) is 5.88 Å². The highest BCUT2D eigenvalue weighted by molar-refractivity contribution is 5.20. The Balaban J connectivity index is 1.75. The van der Waals surface area contributed by atoms with E-state index in [0.717, 1.165) is 5.75 Å².